The number of benzene rings is 4. The van der Waals surface area contributed by atoms with E-state index in [0.717, 1.165) is 6.42 Å². The molecular weight excluding hydrogens is 643 g/mol. The Balaban J connectivity index is 0.000000227. The van der Waals surface area contributed by atoms with E-state index in [1.54, 1.807) is 0 Å². The zero-order valence-electron chi connectivity index (χ0n) is 26.7. The van der Waals surface area contributed by atoms with Crippen LogP contribution in [-0.4, -0.2) is 3.21 Å². The van der Waals surface area contributed by atoms with Crippen molar-refractivity contribution in [2.45, 2.75) is 61.8 Å². The van der Waals surface area contributed by atoms with Crippen LogP contribution in [-0.2, 0) is 30.7 Å². The molecule has 4 aromatic carbocycles. The average Bonchev–Trinajstić information content (AvgIpc) is 3.54. The van der Waals surface area contributed by atoms with E-state index in [0.29, 0.717) is 11.3 Å². The third kappa shape index (κ3) is 9.59. The summed E-state index contributed by atoms with van der Waals surface area (Å²) in [5.74, 6) is 0.522. The summed E-state index contributed by atoms with van der Waals surface area (Å²) in [7, 11) is 0. The predicted octanol–water partition coefficient (Wildman–Crippen LogP) is 4.07. The van der Waals surface area contributed by atoms with Gasteiger partial charge < -0.3 is 24.8 Å². The SMILES string of the molecule is CC1[C-]=CC(C(C)(C)C)=C1.Cc1[c-]c2c(cc1C)-c1cc(C)c(C)cc1C2.[Cl-].[Cl-].[Zr+2]=[C](c1ccccc1)c1ccccc1. The fraction of sp³-hybridized carbons (Fsp3) is 0.275. The fourth-order valence-electron chi connectivity index (χ4n) is 5.08. The number of allylic oxidation sites excluding steroid dienone is 4. The summed E-state index contributed by atoms with van der Waals surface area (Å²) < 4.78 is 1.42. The second-order valence-corrected chi connectivity index (χ2v) is 13.5. The van der Waals surface area contributed by atoms with Gasteiger partial charge in [0.2, 0.25) is 0 Å². The van der Waals surface area contributed by atoms with Crippen LogP contribution in [0.1, 0.15) is 72.2 Å². The van der Waals surface area contributed by atoms with Gasteiger partial charge in [-0.15, -0.1) is 11.1 Å². The molecule has 2 aliphatic rings. The van der Waals surface area contributed by atoms with Crippen LogP contribution < -0.4 is 24.8 Å². The topological polar surface area (TPSA) is 0 Å². The zero-order chi connectivity index (χ0) is 29.7. The molecule has 3 heteroatoms. The molecule has 0 N–H and O–H groups in total. The number of aryl methyl sites for hydroxylation is 4. The van der Waals surface area contributed by atoms with Crippen molar-refractivity contribution in [2.24, 2.45) is 11.3 Å². The van der Waals surface area contributed by atoms with Gasteiger partial charge in [0.1, 0.15) is 0 Å². The Hall–Kier alpha value is -2.31. The molecule has 0 aromatic heterocycles. The average molecular weight is 685 g/mol. The minimum atomic E-state index is 0. The minimum absolute atomic E-state index is 0. The Labute approximate surface area is 287 Å². The monoisotopic (exact) mass is 682 g/mol. The number of fused-ring (bicyclic) bond motifs is 3. The third-order valence-corrected chi connectivity index (χ3v) is 9.33. The normalized spacial score (nSPS) is 14.0. The van der Waals surface area contributed by atoms with Gasteiger partial charge in [-0.2, -0.15) is 34.9 Å². The van der Waals surface area contributed by atoms with Crippen molar-refractivity contribution >= 4 is 3.21 Å². The summed E-state index contributed by atoms with van der Waals surface area (Å²) in [6, 6.07) is 31.6. The van der Waals surface area contributed by atoms with E-state index in [4.69, 9.17) is 0 Å². The van der Waals surface area contributed by atoms with Gasteiger partial charge in [0.25, 0.3) is 0 Å². The van der Waals surface area contributed by atoms with E-state index in [-0.39, 0.29) is 24.8 Å². The van der Waals surface area contributed by atoms with Crippen LogP contribution in [0, 0.1) is 51.2 Å². The van der Waals surface area contributed by atoms with Gasteiger partial charge >= 0.3 is 99.2 Å². The van der Waals surface area contributed by atoms with E-state index in [2.05, 4.69) is 159 Å². The molecule has 0 spiro atoms. The molecule has 0 aliphatic heterocycles. The molecule has 0 radical (unpaired) electrons. The van der Waals surface area contributed by atoms with Crippen molar-refractivity contribution < 1.29 is 49.0 Å². The Kier molecular flexibility index (Phi) is 13.8. The third-order valence-electron chi connectivity index (χ3n) is 7.92. The van der Waals surface area contributed by atoms with Crippen LogP contribution >= 0.6 is 0 Å². The molecule has 222 valence electrons. The first-order valence-corrected chi connectivity index (χ1v) is 15.8. The number of halogens is 2. The predicted molar refractivity (Wildman–Crippen MR) is 173 cm³/mol. The Morgan fingerprint density at radius 3 is 1.72 bits per heavy atom. The number of rotatable bonds is 2. The van der Waals surface area contributed by atoms with E-state index in [1.807, 2.05) is 0 Å². The molecule has 0 amide bonds. The molecule has 2 aliphatic carbocycles. The van der Waals surface area contributed by atoms with E-state index >= 15 is 0 Å². The molecule has 1 unspecified atom stereocenters. The molecule has 6 rings (SSSR count). The summed E-state index contributed by atoms with van der Waals surface area (Å²) in [6.07, 6.45) is 8.70. The van der Waals surface area contributed by atoms with Crippen LogP contribution in [0.2, 0.25) is 0 Å². The van der Waals surface area contributed by atoms with E-state index < -0.39 is 0 Å². The Morgan fingerprint density at radius 2 is 1.26 bits per heavy atom. The fourth-order valence-corrected chi connectivity index (χ4v) is 5.90. The molecule has 0 nitrogen and oxygen atoms in total. The van der Waals surface area contributed by atoms with E-state index in [1.165, 1.54) is 88.6 Å². The molecule has 4 aromatic rings. The summed E-state index contributed by atoms with van der Waals surface area (Å²) in [5, 5.41) is 0. The second-order valence-electron chi connectivity index (χ2n) is 12.3. The molecule has 0 bridgehead atoms. The van der Waals surface area contributed by atoms with Gasteiger partial charge in [-0.1, -0.05) is 70.6 Å². The van der Waals surface area contributed by atoms with Gasteiger partial charge in [0.05, 0.1) is 0 Å². The van der Waals surface area contributed by atoms with Gasteiger partial charge in [-0.3, -0.25) is 6.08 Å². The molecular formula is C40H42Cl2Zr-2. The van der Waals surface area contributed by atoms with Crippen LogP contribution in [0.3, 0.4) is 0 Å². The summed E-state index contributed by atoms with van der Waals surface area (Å²) in [5.41, 5.74) is 15.4. The molecule has 1 atom stereocenters. The molecule has 0 saturated heterocycles. The van der Waals surface area contributed by atoms with E-state index in [9.17, 15) is 0 Å². The van der Waals surface area contributed by atoms with Gasteiger partial charge in [0, 0.05) is 0 Å². The van der Waals surface area contributed by atoms with Crippen molar-refractivity contribution in [3.63, 3.8) is 0 Å². The van der Waals surface area contributed by atoms with Crippen molar-refractivity contribution in [3.8, 4) is 11.1 Å². The van der Waals surface area contributed by atoms with Crippen molar-refractivity contribution in [3.05, 3.63) is 153 Å². The van der Waals surface area contributed by atoms with Crippen molar-refractivity contribution in [1.29, 1.82) is 0 Å². The summed E-state index contributed by atoms with van der Waals surface area (Å²) >= 11 is 1.46. The maximum absolute atomic E-state index is 3.54. The summed E-state index contributed by atoms with van der Waals surface area (Å²) in [4.78, 5) is 0. The molecule has 0 saturated carbocycles. The van der Waals surface area contributed by atoms with Crippen LogP contribution in [0.25, 0.3) is 11.1 Å². The van der Waals surface area contributed by atoms with Gasteiger partial charge in [0.15, 0.2) is 0 Å². The van der Waals surface area contributed by atoms with Crippen LogP contribution in [0.4, 0.5) is 0 Å². The zero-order valence-corrected chi connectivity index (χ0v) is 30.7. The quantitative estimate of drug-likeness (QED) is 0.246. The Morgan fingerprint density at radius 1 is 0.744 bits per heavy atom. The second kappa shape index (κ2) is 16.1. The summed E-state index contributed by atoms with van der Waals surface area (Å²) in [6.45, 7) is 17.6. The standard InChI is InChI=1S/C17H17.C13H10.C10H15.2ClH.Zr/c1-10-5-14-9-15-6-11(2)13(4)8-17(15)16(14)7-12(10)3;1-3-7-12(8-4-1)11-13-9-5-2-6-10-13;1-8-5-6-9(7-8)10(2,3)4;;;/h5,7-8H,9H2,1-4H3;1-10H;6-8H,1-4H3;2*1H;/q-1;;-1;;;+2/p-2. The first kappa shape index (κ1) is 36.9. The molecule has 43 heavy (non-hydrogen) atoms. The maximum atomic E-state index is 3.54. The van der Waals surface area contributed by atoms with Crippen LogP contribution in [0.15, 0.2) is 96.6 Å². The number of hydrogen-bond acceptors (Lipinski definition) is 0. The molecule has 0 heterocycles. The molecule has 0 fully saturated rings. The first-order valence-electron chi connectivity index (χ1n) is 14.6. The van der Waals surface area contributed by atoms with Gasteiger partial charge in [-0.05, 0) is 37.0 Å². The first-order chi connectivity index (χ1) is 19.4. The Bertz CT molecular complexity index is 1490. The number of hydrogen-bond donors (Lipinski definition) is 0. The van der Waals surface area contributed by atoms with Crippen molar-refractivity contribution in [2.75, 3.05) is 0 Å². The van der Waals surface area contributed by atoms with Gasteiger partial charge in [-0.25, -0.2) is 6.08 Å². The van der Waals surface area contributed by atoms with Crippen LogP contribution in [0.5, 0.6) is 0 Å². The van der Waals surface area contributed by atoms with Crippen molar-refractivity contribution in [1.82, 2.24) is 0 Å².